The second-order valence-electron chi connectivity index (χ2n) is 2.40. The van der Waals surface area contributed by atoms with E-state index in [0.717, 1.165) is 0 Å². The Morgan fingerprint density at radius 1 is 1.58 bits per heavy atom. The monoisotopic (exact) mass is 168 g/mol. The summed E-state index contributed by atoms with van der Waals surface area (Å²) in [5.74, 6) is -1.32. The molecule has 0 aliphatic rings. The highest BCUT2D eigenvalue weighted by molar-refractivity contribution is 5.95. The SMILES string of the molecule is CC(=O)c1cc(C(=O)O)n(C)n1. The average Bonchev–Trinajstić information content (AvgIpc) is 2.30. The topological polar surface area (TPSA) is 72.2 Å². The Bertz CT molecular complexity index is 340. The highest BCUT2D eigenvalue weighted by Crippen LogP contribution is 2.03. The van der Waals surface area contributed by atoms with E-state index in [2.05, 4.69) is 5.10 Å². The van der Waals surface area contributed by atoms with Gasteiger partial charge in [0.25, 0.3) is 0 Å². The van der Waals surface area contributed by atoms with E-state index in [1.807, 2.05) is 0 Å². The highest BCUT2D eigenvalue weighted by atomic mass is 16.4. The number of carbonyl (C=O) groups excluding carboxylic acids is 1. The molecule has 0 saturated heterocycles. The quantitative estimate of drug-likeness (QED) is 0.645. The Morgan fingerprint density at radius 3 is 2.42 bits per heavy atom. The van der Waals surface area contributed by atoms with Crippen molar-refractivity contribution < 1.29 is 14.7 Å². The van der Waals surface area contributed by atoms with Gasteiger partial charge in [0.05, 0.1) is 0 Å². The molecule has 0 spiro atoms. The van der Waals surface area contributed by atoms with E-state index in [1.54, 1.807) is 0 Å². The molecule has 1 N–H and O–H groups in total. The third-order valence-electron chi connectivity index (χ3n) is 1.46. The highest BCUT2D eigenvalue weighted by Gasteiger charge is 2.13. The second-order valence-corrected chi connectivity index (χ2v) is 2.40. The van der Waals surface area contributed by atoms with E-state index in [1.165, 1.54) is 24.7 Å². The summed E-state index contributed by atoms with van der Waals surface area (Å²) in [6.45, 7) is 1.34. The molecule has 1 heterocycles. The van der Waals surface area contributed by atoms with Gasteiger partial charge in [-0.25, -0.2) is 4.79 Å². The molecule has 0 aromatic carbocycles. The number of hydrogen-bond acceptors (Lipinski definition) is 3. The minimum Gasteiger partial charge on any atom is -0.477 e. The van der Waals surface area contributed by atoms with E-state index in [-0.39, 0.29) is 17.2 Å². The van der Waals surface area contributed by atoms with Gasteiger partial charge in [-0.1, -0.05) is 0 Å². The molecular formula is C7H8N2O3. The van der Waals surface area contributed by atoms with E-state index in [4.69, 9.17) is 5.11 Å². The summed E-state index contributed by atoms with van der Waals surface area (Å²) < 4.78 is 1.17. The lowest BCUT2D eigenvalue weighted by Crippen LogP contribution is -2.04. The first kappa shape index (κ1) is 8.45. The predicted octanol–water partition coefficient (Wildman–Crippen LogP) is 0.321. The standard InChI is InChI=1S/C7H8N2O3/c1-4(10)5-3-6(7(11)12)9(2)8-5/h3H,1-2H3,(H,11,12). The van der Waals surface area contributed by atoms with Crippen LogP contribution in [-0.2, 0) is 7.05 Å². The lowest BCUT2D eigenvalue weighted by Gasteiger charge is -1.91. The smallest absolute Gasteiger partial charge is 0.354 e. The van der Waals surface area contributed by atoms with Crippen molar-refractivity contribution in [2.75, 3.05) is 0 Å². The number of nitrogens with zero attached hydrogens (tertiary/aromatic N) is 2. The van der Waals surface area contributed by atoms with Crippen LogP contribution in [0.25, 0.3) is 0 Å². The zero-order valence-corrected chi connectivity index (χ0v) is 6.74. The molecule has 0 saturated carbocycles. The molecule has 5 nitrogen and oxygen atoms in total. The van der Waals surface area contributed by atoms with E-state index in [9.17, 15) is 9.59 Å². The van der Waals surface area contributed by atoms with Crippen LogP contribution in [0.15, 0.2) is 6.07 Å². The molecule has 1 aromatic rings. The Labute approximate surface area is 68.6 Å². The number of ketones is 1. The maximum atomic E-state index is 10.8. The van der Waals surface area contributed by atoms with Crippen LogP contribution in [0.2, 0.25) is 0 Å². The van der Waals surface area contributed by atoms with Gasteiger partial charge in [0.1, 0.15) is 11.4 Å². The number of Topliss-reactive ketones (excluding diaryl/α,β-unsaturated/α-hetero) is 1. The van der Waals surface area contributed by atoms with Crippen LogP contribution >= 0.6 is 0 Å². The molecule has 0 aliphatic carbocycles. The van der Waals surface area contributed by atoms with Crippen LogP contribution in [0.1, 0.15) is 27.9 Å². The summed E-state index contributed by atoms with van der Waals surface area (Å²) in [6, 6.07) is 1.25. The van der Waals surface area contributed by atoms with Crippen molar-refractivity contribution in [3.8, 4) is 0 Å². The van der Waals surface area contributed by atoms with Gasteiger partial charge in [-0.15, -0.1) is 0 Å². The maximum absolute atomic E-state index is 10.8. The number of carboxylic acids is 1. The third-order valence-corrected chi connectivity index (χ3v) is 1.46. The van der Waals surface area contributed by atoms with E-state index < -0.39 is 5.97 Å². The first-order valence-corrected chi connectivity index (χ1v) is 3.30. The number of aryl methyl sites for hydroxylation is 1. The van der Waals surface area contributed by atoms with Crippen LogP contribution in [0.4, 0.5) is 0 Å². The van der Waals surface area contributed by atoms with Crippen molar-refractivity contribution in [3.63, 3.8) is 0 Å². The number of aromatic nitrogens is 2. The molecule has 0 radical (unpaired) electrons. The lowest BCUT2D eigenvalue weighted by atomic mass is 10.3. The molecular weight excluding hydrogens is 160 g/mol. The van der Waals surface area contributed by atoms with Crippen LogP contribution in [0, 0.1) is 0 Å². The molecule has 64 valence electrons. The molecule has 0 unspecified atom stereocenters. The summed E-state index contributed by atoms with van der Waals surface area (Å²) >= 11 is 0. The van der Waals surface area contributed by atoms with E-state index in [0.29, 0.717) is 0 Å². The molecule has 0 fully saturated rings. The van der Waals surface area contributed by atoms with Gasteiger partial charge in [-0.3, -0.25) is 9.48 Å². The molecule has 0 atom stereocenters. The Kier molecular flexibility index (Phi) is 1.95. The summed E-state index contributed by atoms with van der Waals surface area (Å²) in [5, 5.41) is 12.3. The number of carboxylic acid groups (broad SMARTS) is 1. The van der Waals surface area contributed by atoms with Crippen molar-refractivity contribution in [2.24, 2.45) is 7.05 Å². The normalized spacial score (nSPS) is 9.83. The fourth-order valence-electron chi connectivity index (χ4n) is 0.839. The number of carbonyl (C=O) groups is 2. The van der Waals surface area contributed by atoms with Gasteiger partial charge in [0, 0.05) is 20.0 Å². The number of rotatable bonds is 2. The van der Waals surface area contributed by atoms with Crippen LogP contribution in [0.5, 0.6) is 0 Å². The van der Waals surface area contributed by atoms with Crippen molar-refractivity contribution in [1.29, 1.82) is 0 Å². The fourth-order valence-corrected chi connectivity index (χ4v) is 0.839. The number of hydrogen-bond donors (Lipinski definition) is 1. The van der Waals surface area contributed by atoms with Crippen LogP contribution in [0.3, 0.4) is 0 Å². The number of aromatic carboxylic acids is 1. The van der Waals surface area contributed by atoms with Crippen molar-refractivity contribution >= 4 is 11.8 Å². The second kappa shape index (κ2) is 2.77. The molecule has 1 rings (SSSR count). The Morgan fingerprint density at radius 2 is 2.17 bits per heavy atom. The average molecular weight is 168 g/mol. The van der Waals surface area contributed by atoms with Gasteiger partial charge >= 0.3 is 5.97 Å². The van der Waals surface area contributed by atoms with E-state index >= 15 is 0 Å². The van der Waals surface area contributed by atoms with Gasteiger partial charge in [-0.2, -0.15) is 5.10 Å². The molecule has 0 aliphatic heterocycles. The van der Waals surface area contributed by atoms with Gasteiger partial charge in [0.15, 0.2) is 5.78 Å². The zero-order valence-electron chi connectivity index (χ0n) is 6.74. The summed E-state index contributed by atoms with van der Waals surface area (Å²) in [6.07, 6.45) is 0. The maximum Gasteiger partial charge on any atom is 0.354 e. The molecule has 0 bridgehead atoms. The third kappa shape index (κ3) is 1.34. The predicted molar refractivity (Wildman–Crippen MR) is 40.2 cm³/mol. The molecule has 1 aromatic heterocycles. The Balaban J connectivity index is 3.17. The molecule has 5 heteroatoms. The Hall–Kier alpha value is -1.65. The van der Waals surface area contributed by atoms with Gasteiger partial charge in [-0.05, 0) is 0 Å². The first-order chi connectivity index (χ1) is 5.52. The summed E-state index contributed by atoms with van der Waals surface area (Å²) in [5.41, 5.74) is 0.190. The lowest BCUT2D eigenvalue weighted by molar-refractivity contribution is 0.0685. The zero-order chi connectivity index (χ0) is 9.30. The summed E-state index contributed by atoms with van der Waals surface area (Å²) in [7, 11) is 1.48. The minimum atomic E-state index is -1.09. The molecule has 12 heavy (non-hydrogen) atoms. The van der Waals surface area contributed by atoms with Gasteiger partial charge < -0.3 is 5.11 Å². The van der Waals surface area contributed by atoms with Crippen molar-refractivity contribution in [1.82, 2.24) is 9.78 Å². The minimum absolute atomic E-state index is 0.0141. The van der Waals surface area contributed by atoms with Crippen LogP contribution < -0.4 is 0 Å². The largest absolute Gasteiger partial charge is 0.477 e. The fraction of sp³-hybridized carbons (Fsp3) is 0.286. The summed E-state index contributed by atoms with van der Waals surface area (Å²) in [4.78, 5) is 21.3. The van der Waals surface area contributed by atoms with Crippen molar-refractivity contribution in [2.45, 2.75) is 6.92 Å². The van der Waals surface area contributed by atoms with Gasteiger partial charge in [0.2, 0.25) is 0 Å². The first-order valence-electron chi connectivity index (χ1n) is 3.30. The van der Waals surface area contributed by atoms with Crippen molar-refractivity contribution in [3.05, 3.63) is 17.5 Å². The molecule has 0 amide bonds. The van der Waals surface area contributed by atoms with Crippen LogP contribution in [-0.4, -0.2) is 26.6 Å².